The van der Waals surface area contributed by atoms with Gasteiger partial charge in [-0.1, -0.05) is 12.1 Å². The Bertz CT molecular complexity index is 471. The molecule has 2 nitrogen and oxygen atoms in total. The van der Waals surface area contributed by atoms with E-state index in [1.54, 1.807) is 0 Å². The van der Waals surface area contributed by atoms with Gasteiger partial charge in [-0.2, -0.15) is 5.26 Å². The Hall–Kier alpha value is -1.79. The van der Waals surface area contributed by atoms with Crippen LogP contribution in [0.4, 0.5) is 0 Å². The Labute approximate surface area is 92.4 Å². The fourth-order valence-corrected chi connectivity index (χ4v) is 1.77. The van der Waals surface area contributed by atoms with Gasteiger partial charge in [0.15, 0.2) is 5.06 Å². The summed E-state index contributed by atoms with van der Waals surface area (Å²) >= 11 is 1.54. The second-order valence-electron chi connectivity index (χ2n) is 2.88. The van der Waals surface area contributed by atoms with E-state index in [-0.39, 0.29) is 0 Å². The van der Waals surface area contributed by atoms with Crippen molar-refractivity contribution in [3.05, 3.63) is 53.8 Å². The highest BCUT2D eigenvalue weighted by molar-refractivity contribution is 7.11. The molecule has 73 valence electrons. The van der Waals surface area contributed by atoms with E-state index in [1.165, 1.54) is 17.8 Å². The number of thiophene rings is 1. The fourth-order valence-electron chi connectivity index (χ4n) is 1.18. The van der Waals surface area contributed by atoms with E-state index < -0.39 is 0 Å². The first-order valence-corrected chi connectivity index (χ1v) is 5.31. The molecule has 1 aromatic carbocycles. The molecule has 0 saturated carbocycles. The van der Waals surface area contributed by atoms with Crippen molar-refractivity contribution in [1.82, 2.24) is 0 Å². The number of hydrogen-bond donors (Lipinski definition) is 0. The Morgan fingerprint density at radius 1 is 1.27 bits per heavy atom. The van der Waals surface area contributed by atoms with E-state index in [4.69, 9.17) is 10.00 Å². The third-order valence-corrected chi connectivity index (χ3v) is 2.55. The quantitative estimate of drug-likeness (QED) is 0.781. The molecule has 0 aliphatic rings. The largest absolute Gasteiger partial charge is 0.447 e. The summed E-state index contributed by atoms with van der Waals surface area (Å²) in [5.74, 6) is 0.751. The third-order valence-electron chi connectivity index (χ3n) is 1.80. The van der Waals surface area contributed by atoms with Crippen LogP contribution < -0.4 is 4.74 Å². The predicted molar refractivity (Wildman–Crippen MR) is 59.9 cm³/mol. The highest BCUT2D eigenvalue weighted by atomic mass is 32.1. The normalized spacial score (nSPS) is 9.53. The molecule has 0 aliphatic carbocycles. The Balaban J connectivity index is 2.15. The average molecular weight is 214 g/mol. The van der Waals surface area contributed by atoms with Crippen molar-refractivity contribution in [1.29, 1.82) is 5.26 Å². The van der Waals surface area contributed by atoms with Crippen LogP contribution in [-0.2, 0) is 0 Å². The van der Waals surface area contributed by atoms with Crippen molar-refractivity contribution in [3.8, 4) is 16.9 Å². The van der Waals surface area contributed by atoms with Gasteiger partial charge in [0.1, 0.15) is 5.75 Å². The van der Waals surface area contributed by atoms with Crippen molar-refractivity contribution < 1.29 is 4.74 Å². The van der Waals surface area contributed by atoms with Gasteiger partial charge in [-0.25, -0.2) is 0 Å². The molecule has 0 spiro atoms. The van der Waals surface area contributed by atoms with E-state index in [0.717, 1.165) is 16.4 Å². The maximum Gasteiger partial charge on any atom is 0.180 e. The zero-order valence-electron chi connectivity index (χ0n) is 7.88. The molecule has 0 amide bonds. The number of benzene rings is 1. The molecule has 3 heteroatoms. The first-order valence-electron chi connectivity index (χ1n) is 4.43. The van der Waals surface area contributed by atoms with Crippen LogP contribution in [-0.4, -0.2) is 0 Å². The molecule has 0 N–H and O–H groups in total. The summed E-state index contributed by atoms with van der Waals surface area (Å²) in [6.07, 6.45) is 1.49. The monoisotopic (exact) mass is 214 g/mol. The predicted octanol–water partition coefficient (Wildman–Crippen LogP) is 3.62. The summed E-state index contributed by atoms with van der Waals surface area (Å²) in [5.41, 5.74) is 0.853. The molecule has 1 radical (unpaired) electrons. The summed E-state index contributed by atoms with van der Waals surface area (Å²) in [4.78, 5) is 0. The van der Waals surface area contributed by atoms with Gasteiger partial charge in [0.05, 0.1) is 12.5 Å². The van der Waals surface area contributed by atoms with E-state index in [9.17, 15) is 0 Å². The van der Waals surface area contributed by atoms with E-state index in [2.05, 4.69) is 0 Å². The maximum absolute atomic E-state index is 8.52. The summed E-state index contributed by atoms with van der Waals surface area (Å²) in [6.45, 7) is 0. The Morgan fingerprint density at radius 2 is 2.20 bits per heavy atom. The molecular formula is C12H8NOS. The van der Waals surface area contributed by atoms with E-state index in [1.807, 2.05) is 47.8 Å². The van der Waals surface area contributed by atoms with E-state index in [0.29, 0.717) is 0 Å². The standard InChI is InChI=1S/C12H8NOS/c13-7-6-10-3-1-4-11(9-10)14-12-5-2-8-15-12/h1-6,8-9H. The summed E-state index contributed by atoms with van der Waals surface area (Å²) in [7, 11) is 0. The molecule has 15 heavy (non-hydrogen) atoms. The number of nitriles is 1. The lowest BCUT2D eigenvalue weighted by Crippen LogP contribution is -1.83. The Morgan fingerprint density at radius 3 is 2.93 bits per heavy atom. The molecule has 1 aromatic heterocycles. The third kappa shape index (κ3) is 2.58. The van der Waals surface area contributed by atoms with Crippen molar-refractivity contribution >= 4 is 11.3 Å². The second kappa shape index (κ2) is 4.63. The van der Waals surface area contributed by atoms with Gasteiger partial charge in [0.2, 0.25) is 0 Å². The highest BCUT2D eigenvalue weighted by Crippen LogP contribution is 2.26. The van der Waals surface area contributed by atoms with Crippen LogP contribution in [0.2, 0.25) is 0 Å². The number of rotatable bonds is 3. The molecule has 0 fully saturated rings. The highest BCUT2D eigenvalue weighted by Gasteiger charge is 1.99. The van der Waals surface area contributed by atoms with Crippen molar-refractivity contribution in [2.24, 2.45) is 0 Å². The molecule has 2 rings (SSSR count). The smallest absolute Gasteiger partial charge is 0.180 e. The van der Waals surface area contributed by atoms with Crippen LogP contribution in [0.5, 0.6) is 10.8 Å². The van der Waals surface area contributed by atoms with Crippen LogP contribution in [0.15, 0.2) is 41.8 Å². The lowest BCUT2D eigenvalue weighted by molar-refractivity contribution is 0.496. The Kier molecular flexibility index (Phi) is 3.01. The lowest BCUT2D eigenvalue weighted by atomic mass is 10.2. The molecule has 1 heterocycles. The van der Waals surface area contributed by atoms with Gasteiger partial charge in [0, 0.05) is 0 Å². The summed E-state index contributed by atoms with van der Waals surface area (Å²) < 4.78 is 5.59. The molecule has 0 bridgehead atoms. The first kappa shape index (κ1) is 9.75. The minimum Gasteiger partial charge on any atom is -0.447 e. The van der Waals surface area contributed by atoms with Gasteiger partial charge in [-0.3, -0.25) is 0 Å². The van der Waals surface area contributed by atoms with Crippen LogP contribution in [0.1, 0.15) is 5.56 Å². The average Bonchev–Trinajstić information content (AvgIpc) is 2.71. The maximum atomic E-state index is 8.52. The van der Waals surface area contributed by atoms with Gasteiger partial charge in [-0.15, -0.1) is 11.3 Å². The number of ether oxygens (including phenoxy) is 1. The van der Waals surface area contributed by atoms with Gasteiger partial charge < -0.3 is 4.74 Å². The van der Waals surface area contributed by atoms with Crippen molar-refractivity contribution in [2.45, 2.75) is 0 Å². The fraction of sp³-hybridized carbons (Fsp3) is 0. The SMILES string of the molecule is N#C[CH]c1cccc(Oc2cccs2)c1. The van der Waals surface area contributed by atoms with E-state index >= 15 is 0 Å². The lowest BCUT2D eigenvalue weighted by Gasteiger charge is -2.03. The van der Waals surface area contributed by atoms with Crippen molar-refractivity contribution in [2.75, 3.05) is 0 Å². The minimum atomic E-state index is 0.751. The van der Waals surface area contributed by atoms with Crippen LogP contribution >= 0.6 is 11.3 Å². The summed E-state index contributed by atoms with van der Waals surface area (Å²) in [6, 6.07) is 13.3. The number of hydrogen-bond acceptors (Lipinski definition) is 3. The molecule has 2 aromatic rings. The van der Waals surface area contributed by atoms with Gasteiger partial charge >= 0.3 is 0 Å². The zero-order chi connectivity index (χ0) is 10.5. The second-order valence-corrected chi connectivity index (χ2v) is 3.79. The molecular weight excluding hydrogens is 206 g/mol. The van der Waals surface area contributed by atoms with Crippen LogP contribution in [0.3, 0.4) is 0 Å². The zero-order valence-corrected chi connectivity index (χ0v) is 8.70. The first-order chi connectivity index (χ1) is 7.38. The molecule has 0 atom stereocenters. The summed E-state index contributed by atoms with van der Waals surface area (Å²) in [5, 5.41) is 11.3. The minimum absolute atomic E-state index is 0.751. The number of nitrogens with zero attached hydrogens (tertiary/aromatic N) is 1. The van der Waals surface area contributed by atoms with Gasteiger partial charge in [-0.05, 0) is 35.2 Å². The van der Waals surface area contributed by atoms with Crippen LogP contribution in [0, 0.1) is 17.8 Å². The topological polar surface area (TPSA) is 33.0 Å². The van der Waals surface area contributed by atoms with Crippen molar-refractivity contribution in [3.63, 3.8) is 0 Å². The molecule has 0 unspecified atom stereocenters. The van der Waals surface area contributed by atoms with Gasteiger partial charge in [0.25, 0.3) is 0 Å². The molecule has 0 saturated heterocycles. The molecule has 0 aliphatic heterocycles. The van der Waals surface area contributed by atoms with Crippen LogP contribution in [0.25, 0.3) is 0 Å².